The van der Waals surface area contributed by atoms with Crippen LogP contribution in [0.3, 0.4) is 0 Å². The molecule has 2 aromatic heterocycles. The summed E-state index contributed by atoms with van der Waals surface area (Å²) in [5.74, 6) is 1.38. The third-order valence-electron chi connectivity index (χ3n) is 2.59. The van der Waals surface area contributed by atoms with Gasteiger partial charge in [-0.3, -0.25) is 4.98 Å². The molecule has 2 aromatic rings. The van der Waals surface area contributed by atoms with Gasteiger partial charge in [0.2, 0.25) is 5.89 Å². The van der Waals surface area contributed by atoms with Gasteiger partial charge in [-0.05, 0) is 32.4 Å². The predicted molar refractivity (Wildman–Crippen MR) is 72.8 cm³/mol. The van der Waals surface area contributed by atoms with E-state index in [9.17, 15) is 0 Å². The predicted octanol–water partition coefficient (Wildman–Crippen LogP) is 1.99. The van der Waals surface area contributed by atoms with Crippen molar-refractivity contribution < 1.29 is 4.52 Å². The minimum atomic E-state index is 0.110. The molecule has 102 valence electrons. The number of aromatic nitrogens is 3. The number of hydrogen-bond donors (Lipinski definition) is 1. The molecule has 0 aromatic carbocycles. The van der Waals surface area contributed by atoms with E-state index in [2.05, 4.69) is 41.2 Å². The van der Waals surface area contributed by atoms with Crippen LogP contribution in [0.15, 0.2) is 29.0 Å². The lowest BCUT2D eigenvalue weighted by molar-refractivity contribution is 0.359. The fraction of sp³-hybridized carbons (Fsp3) is 0.500. The van der Waals surface area contributed by atoms with Crippen LogP contribution in [0.25, 0.3) is 0 Å². The molecule has 0 bridgehead atoms. The average molecular weight is 260 g/mol. The SMILES string of the molecule is CC(C)(C)NCCc1nc(Cc2cccnc2)no1. The number of pyridine rings is 1. The highest BCUT2D eigenvalue weighted by Gasteiger charge is 2.10. The molecule has 19 heavy (non-hydrogen) atoms. The van der Waals surface area contributed by atoms with Crippen molar-refractivity contribution in [3.63, 3.8) is 0 Å². The Labute approximate surface area is 113 Å². The Morgan fingerprint density at radius 2 is 2.16 bits per heavy atom. The van der Waals surface area contributed by atoms with Gasteiger partial charge in [0.05, 0.1) is 0 Å². The molecule has 2 rings (SSSR count). The fourth-order valence-corrected chi connectivity index (χ4v) is 1.69. The summed E-state index contributed by atoms with van der Waals surface area (Å²) < 4.78 is 5.23. The first-order valence-corrected chi connectivity index (χ1v) is 6.48. The van der Waals surface area contributed by atoms with Crippen molar-refractivity contribution in [3.05, 3.63) is 41.8 Å². The van der Waals surface area contributed by atoms with Crippen LogP contribution in [-0.2, 0) is 12.8 Å². The van der Waals surface area contributed by atoms with Crippen molar-refractivity contribution in [2.75, 3.05) is 6.54 Å². The Bertz CT molecular complexity index is 502. The van der Waals surface area contributed by atoms with Gasteiger partial charge in [0, 0.05) is 37.3 Å². The van der Waals surface area contributed by atoms with Crippen LogP contribution in [0, 0.1) is 0 Å². The molecule has 0 saturated heterocycles. The summed E-state index contributed by atoms with van der Waals surface area (Å²) in [6, 6.07) is 3.91. The second-order valence-electron chi connectivity index (χ2n) is 5.57. The van der Waals surface area contributed by atoms with E-state index in [1.807, 2.05) is 18.3 Å². The van der Waals surface area contributed by atoms with E-state index < -0.39 is 0 Å². The van der Waals surface area contributed by atoms with E-state index in [1.54, 1.807) is 6.20 Å². The van der Waals surface area contributed by atoms with Crippen LogP contribution in [0.2, 0.25) is 0 Å². The summed E-state index contributed by atoms with van der Waals surface area (Å²) >= 11 is 0. The third-order valence-corrected chi connectivity index (χ3v) is 2.59. The van der Waals surface area contributed by atoms with Crippen LogP contribution in [0.4, 0.5) is 0 Å². The molecule has 2 heterocycles. The topological polar surface area (TPSA) is 63.8 Å². The molecule has 0 aliphatic carbocycles. The van der Waals surface area contributed by atoms with E-state index >= 15 is 0 Å². The minimum Gasteiger partial charge on any atom is -0.339 e. The first-order chi connectivity index (χ1) is 9.03. The summed E-state index contributed by atoms with van der Waals surface area (Å²) in [7, 11) is 0. The molecule has 0 radical (unpaired) electrons. The zero-order chi connectivity index (χ0) is 13.7. The van der Waals surface area contributed by atoms with Gasteiger partial charge >= 0.3 is 0 Å². The molecule has 0 saturated carbocycles. The van der Waals surface area contributed by atoms with E-state index in [0.29, 0.717) is 18.1 Å². The van der Waals surface area contributed by atoms with Gasteiger partial charge in [0.1, 0.15) is 0 Å². The highest BCUT2D eigenvalue weighted by Crippen LogP contribution is 2.06. The molecule has 0 spiro atoms. The molecular formula is C14H20N4O. The molecule has 1 N–H and O–H groups in total. The third kappa shape index (κ3) is 4.79. The van der Waals surface area contributed by atoms with Crippen LogP contribution in [-0.4, -0.2) is 27.2 Å². The first-order valence-electron chi connectivity index (χ1n) is 6.48. The second-order valence-corrected chi connectivity index (χ2v) is 5.57. The average Bonchev–Trinajstić information content (AvgIpc) is 2.76. The zero-order valence-corrected chi connectivity index (χ0v) is 11.7. The monoisotopic (exact) mass is 260 g/mol. The lowest BCUT2D eigenvalue weighted by atomic mass is 10.1. The van der Waals surface area contributed by atoms with Gasteiger partial charge in [0.15, 0.2) is 5.82 Å². The Balaban J connectivity index is 1.86. The summed E-state index contributed by atoms with van der Waals surface area (Å²) in [5, 5.41) is 7.38. The Morgan fingerprint density at radius 1 is 1.32 bits per heavy atom. The maximum absolute atomic E-state index is 5.23. The van der Waals surface area contributed by atoms with Crippen molar-refractivity contribution in [2.45, 2.75) is 39.2 Å². The van der Waals surface area contributed by atoms with Crippen molar-refractivity contribution in [1.82, 2.24) is 20.4 Å². The molecule has 0 fully saturated rings. The molecule has 5 nitrogen and oxygen atoms in total. The standard InChI is InChI=1S/C14H20N4O/c1-14(2,3)16-8-6-13-17-12(18-19-13)9-11-5-4-7-15-10-11/h4-5,7,10,16H,6,8-9H2,1-3H3. The normalized spacial score (nSPS) is 11.7. The number of nitrogens with zero attached hydrogens (tertiary/aromatic N) is 3. The number of rotatable bonds is 5. The van der Waals surface area contributed by atoms with Crippen LogP contribution in [0.5, 0.6) is 0 Å². The quantitative estimate of drug-likeness (QED) is 0.890. The van der Waals surface area contributed by atoms with E-state index in [-0.39, 0.29) is 5.54 Å². The highest BCUT2D eigenvalue weighted by molar-refractivity contribution is 5.13. The molecule has 0 aliphatic heterocycles. The minimum absolute atomic E-state index is 0.110. The first kappa shape index (κ1) is 13.7. The molecule has 0 amide bonds. The Kier molecular flexibility index (Phi) is 4.27. The fourth-order valence-electron chi connectivity index (χ4n) is 1.69. The second kappa shape index (κ2) is 5.93. The Hall–Kier alpha value is -1.75. The lowest BCUT2D eigenvalue weighted by Crippen LogP contribution is -2.37. The molecule has 0 unspecified atom stereocenters. The van der Waals surface area contributed by atoms with E-state index in [0.717, 1.165) is 18.5 Å². The molecular weight excluding hydrogens is 240 g/mol. The smallest absolute Gasteiger partial charge is 0.227 e. The van der Waals surface area contributed by atoms with Crippen molar-refractivity contribution in [1.29, 1.82) is 0 Å². The van der Waals surface area contributed by atoms with Gasteiger partial charge in [-0.2, -0.15) is 4.98 Å². The maximum Gasteiger partial charge on any atom is 0.227 e. The maximum atomic E-state index is 5.23. The summed E-state index contributed by atoms with van der Waals surface area (Å²) in [6.45, 7) is 7.23. The van der Waals surface area contributed by atoms with Crippen LogP contribution >= 0.6 is 0 Å². The highest BCUT2D eigenvalue weighted by atomic mass is 16.5. The summed E-state index contributed by atoms with van der Waals surface area (Å²) in [6.07, 6.45) is 4.97. The van der Waals surface area contributed by atoms with Crippen molar-refractivity contribution in [2.24, 2.45) is 0 Å². The van der Waals surface area contributed by atoms with E-state index in [4.69, 9.17) is 4.52 Å². The van der Waals surface area contributed by atoms with Gasteiger partial charge < -0.3 is 9.84 Å². The molecule has 5 heteroatoms. The summed E-state index contributed by atoms with van der Waals surface area (Å²) in [5.41, 5.74) is 1.20. The number of nitrogens with one attached hydrogen (secondary N) is 1. The Morgan fingerprint density at radius 3 is 2.84 bits per heavy atom. The number of hydrogen-bond acceptors (Lipinski definition) is 5. The van der Waals surface area contributed by atoms with Gasteiger partial charge in [-0.15, -0.1) is 0 Å². The lowest BCUT2D eigenvalue weighted by Gasteiger charge is -2.19. The zero-order valence-electron chi connectivity index (χ0n) is 11.7. The van der Waals surface area contributed by atoms with Crippen LogP contribution in [0.1, 0.15) is 38.0 Å². The van der Waals surface area contributed by atoms with Crippen molar-refractivity contribution in [3.8, 4) is 0 Å². The van der Waals surface area contributed by atoms with E-state index in [1.165, 1.54) is 0 Å². The van der Waals surface area contributed by atoms with Crippen molar-refractivity contribution >= 4 is 0 Å². The van der Waals surface area contributed by atoms with Gasteiger partial charge in [0.25, 0.3) is 0 Å². The van der Waals surface area contributed by atoms with Gasteiger partial charge in [-0.25, -0.2) is 0 Å². The molecule has 0 aliphatic rings. The van der Waals surface area contributed by atoms with Gasteiger partial charge in [-0.1, -0.05) is 11.2 Å². The van der Waals surface area contributed by atoms with Crippen LogP contribution < -0.4 is 5.32 Å². The summed E-state index contributed by atoms with van der Waals surface area (Å²) in [4.78, 5) is 8.45. The largest absolute Gasteiger partial charge is 0.339 e. The molecule has 0 atom stereocenters.